The van der Waals surface area contributed by atoms with Gasteiger partial charge in [-0.25, -0.2) is 0 Å². The second-order valence-corrected chi connectivity index (χ2v) is 5.34. The van der Waals surface area contributed by atoms with Crippen LogP contribution in [0.15, 0.2) is 24.4 Å². The number of hydrogen-bond acceptors (Lipinski definition) is 2. The quantitative estimate of drug-likeness (QED) is 0.720. The highest BCUT2D eigenvalue weighted by Crippen LogP contribution is 2.20. The van der Waals surface area contributed by atoms with Crippen LogP contribution in [0, 0.1) is 5.41 Å². The molecular weight excluding hydrogens is 208 g/mol. The first-order chi connectivity index (χ1) is 6.40. The molecule has 3 heteroatoms. The number of likely N-dealkylation sites (N-methyl/N-ethyl adjacent to an activating group) is 1. The normalized spacial score (nSPS) is 20.7. The van der Waals surface area contributed by atoms with Crippen LogP contribution < -0.4 is 0 Å². The maximum Gasteiger partial charge on any atom is 0.100 e. The molecule has 0 amide bonds. The molecule has 2 nitrogen and oxygen atoms in total. The summed E-state index contributed by atoms with van der Waals surface area (Å²) in [6.45, 7) is 7.89. The summed E-state index contributed by atoms with van der Waals surface area (Å²) in [5.74, 6) is 0. The number of allylic oxidation sites excluding steroid dienone is 2. The van der Waals surface area contributed by atoms with E-state index in [0.717, 1.165) is 6.54 Å². The highest BCUT2D eigenvalue weighted by atomic mass is 35.5. The van der Waals surface area contributed by atoms with Crippen LogP contribution in [0.3, 0.4) is 0 Å². The Morgan fingerprint density at radius 1 is 1.20 bits per heavy atom. The van der Waals surface area contributed by atoms with Gasteiger partial charge in [0.05, 0.1) is 0 Å². The van der Waals surface area contributed by atoms with Crippen LogP contribution >= 0.6 is 12.4 Å². The monoisotopic (exact) mass is 230 g/mol. The number of halogens is 1. The van der Waals surface area contributed by atoms with Gasteiger partial charge in [0.1, 0.15) is 6.17 Å². The van der Waals surface area contributed by atoms with Crippen molar-refractivity contribution < 1.29 is 0 Å². The molecule has 0 aromatic carbocycles. The maximum atomic E-state index is 2.38. The van der Waals surface area contributed by atoms with Gasteiger partial charge in [0.15, 0.2) is 0 Å². The van der Waals surface area contributed by atoms with Crippen LogP contribution in [-0.2, 0) is 0 Å². The Morgan fingerprint density at radius 3 is 2.27 bits per heavy atom. The minimum Gasteiger partial charge on any atom is -0.358 e. The van der Waals surface area contributed by atoms with E-state index in [9.17, 15) is 0 Å². The maximum absolute atomic E-state index is 2.38. The van der Waals surface area contributed by atoms with Gasteiger partial charge in [0.25, 0.3) is 0 Å². The first kappa shape index (κ1) is 14.5. The van der Waals surface area contributed by atoms with Crippen molar-refractivity contribution in [3.8, 4) is 0 Å². The lowest BCUT2D eigenvalue weighted by molar-refractivity contribution is 0.125. The minimum absolute atomic E-state index is 0. The summed E-state index contributed by atoms with van der Waals surface area (Å²) in [4.78, 5) is 4.60. The molecule has 0 bridgehead atoms. The summed E-state index contributed by atoms with van der Waals surface area (Å²) >= 11 is 0. The fourth-order valence-corrected chi connectivity index (χ4v) is 1.69. The van der Waals surface area contributed by atoms with E-state index < -0.39 is 0 Å². The fraction of sp³-hybridized carbons (Fsp3) is 0.667. The average Bonchev–Trinajstić information content (AvgIpc) is 2.01. The summed E-state index contributed by atoms with van der Waals surface area (Å²) in [6.07, 6.45) is 9.02. The predicted octanol–water partition coefficient (Wildman–Crippen LogP) is 2.73. The molecular formula is C12H23ClN2. The molecule has 0 saturated heterocycles. The first-order valence-corrected chi connectivity index (χ1v) is 5.17. The van der Waals surface area contributed by atoms with Gasteiger partial charge in [-0.2, -0.15) is 0 Å². The summed E-state index contributed by atoms with van der Waals surface area (Å²) < 4.78 is 0. The predicted molar refractivity (Wildman–Crippen MR) is 69.2 cm³/mol. The zero-order chi connectivity index (χ0) is 10.8. The van der Waals surface area contributed by atoms with Gasteiger partial charge in [0.2, 0.25) is 0 Å². The standard InChI is InChI=1S/C12H22N2.ClH/c1-12(2,3)10-14-9-7-6-8-11(14)13(4)5;/h6-9,11H,10H2,1-5H3;1H. The topological polar surface area (TPSA) is 6.48 Å². The molecule has 1 atom stereocenters. The molecule has 1 aliphatic rings. The molecule has 1 rings (SSSR count). The second kappa shape index (κ2) is 5.57. The van der Waals surface area contributed by atoms with E-state index in [1.807, 2.05) is 0 Å². The van der Waals surface area contributed by atoms with Gasteiger partial charge in [-0.05, 0) is 31.7 Å². The second-order valence-electron chi connectivity index (χ2n) is 5.34. The van der Waals surface area contributed by atoms with Crippen LogP contribution in [0.1, 0.15) is 20.8 Å². The van der Waals surface area contributed by atoms with E-state index in [0.29, 0.717) is 11.6 Å². The molecule has 0 radical (unpaired) electrons. The van der Waals surface area contributed by atoms with E-state index >= 15 is 0 Å². The third-order valence-corrected chi connectivity index (χ3v) is 2.20. The molecule has 15 heavy (non-hydrogen) atoms. The van der Waals surface area contributed by atoms with Gasteiger partial charge in [0, 0.05) is 12.7 Å². The number of hydrogen-bond donors (Lipinski definition) is 0. The smallest absolute Gasteiger partial charge is 0.100 e. The first-order valence-electron chi connectivity index (χ1n) is 5.17. The lowest BCUT2D eigenvalue weighted by Crippen LogP contribution is -2.44. The Balaban J connectivity index is 0.00000196. The van der Waals surface area contributed by atoms with Crippen molar-refractivity contribution in [1.82, 2.24) is 9.80 Å². The fourth-order valence-electron chi connectivity index (χ4n) is 1.69. The van der Waals surface area contributed by atoms with Gasteiger partial charge in [-0.1, -0.05) is 26.8 Å². The van der Waals surface area contributed by atoms with E-state index in [1.165, 1.54) is 0 Å². The molecule has 0 fully saturated rings. The highest BCUT2D eigenvalue weighted by Gasteiger charge is 2.21. The van der Waals surface area contributed by atoms with Gasteiger partial charge >= 0.3 is 0 Å². The van der Waals surface area contributed by atoms with Crippen LogP contribution in [0.2, 0.25) is 0 Å². The third kappa shape index (κ3) is 4.72. The summed E-state index contributed by atoms with van der Waals surface area (Å²) in [6, 6.07) is 0. The van der Waals surface area contributed by atoms with Crippen molar-refractivity contribution in [2.24, 2.45) is 5.41 Å². The Morgan fingerprint density at radius 2 is 1.80 bits per heavy atom. The van der Waals surface area contributed by atoms with Crippen molar-refractivity contribution in [1.29, 1.82) is 0 Å². The van der Waals surface area contributed by atoms with Crippen molar-refractivity contribution >= 4 is 12.4 Å². The van der Waals surface area contributed by atoms with Gasteiger partial charge in [-0.3, -0.25) is 4.90 Å². The van der Waals surface area contributed by atoms with E-state index in [-0.39, 0.29) is 12.4 Å². The number of rotatable bonds is 2. The molecule has 88 valence electrons. The molecule has 1 heterocycles. The van der Waals surface area contributed by atoms with E-state index in [4.69, 9.17) is 0 Å². The van der Waals surface area contributed by atoms with Crippen LogP contribution in [0.4, 0.5) is 0 Å². The van der Waals surface area contributed by atoms with Gasteiger partial charge in [-0.15, -0.1) is 12.4 Å². The van der Waals surface area contributed by atoms with E-state index in [2.05, 4.69) is 69.1 Å². The molecule has 1 unspecified atom stereocenters. The minimum atomic E-state index is 0. The summed E-state index contributed by atoms with van der Waals surface area (Å²) in [5.41, 5.74) is 0.337. The zero-order valence-corrected chi connectivity index (χ0v) is 11.2. The molecule has 0 aromatic heterocycles. The summed E-state index contributed by atoms with van der Waals surface area (Å²) in [7, 11) is 4.23. The van der Waals surface area contributed by atoms with Crippen LogP contribution in [0.25, 0.3) is 0 Å². The van der Waals surface area contributed by atoms with E-state index in [1.54, 1.807) is 0 Å². The zero-order valence-electron chi connectivity index (χ0n) is 10.4. The molecule has 0 N–H and O–H groups in total. The number of nitrogens with zero attached hydrogens (tertiary/aromatic N) is 2. The lowest BCUT2D eigenvalue weighted by atomic mass is 9.95. The van der Waals surface area contributed by atoms with Gasteiger partial charge < -0.3 is 4.90 Å². The average molecular weight is 231 g/mol. The highest BCUT2D eigenvalue weighted by molar-refractivity contribution is 5.85. The molecule has 0 saturated carbocycles. The summed E-state index contributed by atoms with van der Waals surface area (Å²) in [5, 5.41) is 0. The molecule has 1 aliphatic heterocycles. The molecule has 0 aliphatic carbocycles. The molecule has 0 spiro atoms. The van der Waals surface area contributed by atoms with Crippen molar-refractivity contribution in [3.63, 3.8) is 0 Å². The largest absolute Gasteiger partial charge is 0.358 e. The van der Waals surface area contributed by atoms with Crippen molar-refractivity contribution in [2.75, 3.05) is 20.6 Å². The lowest BCUT2D eigenvalue weighted by Gasteiger charge is -2.38. The molecule has 0 aromatic rings. The third-order valence-electron chi connectivity index (χ3n) is 2.20. The van der Waals surface area contributed by atoms with Crippen LogP contribution in [0.5, 0.6) is 0 Å². The van der Waals surface area contributed by atoms with Crippen LogP contribution in [-0.4, -0.2) is 36.6 Å². The van der Waals surface area contributed by atoms with Crippen molar-refractivity contribution in [2.45, 2.75) is 26.9 Å². The Kier molecular flexibility index (Phi) is 5.39. The van der Waals surface area contributed by atoms with Crippen molar-refractivity contribution in [3.05, 3.63) is 24.4 Å². The Labute approximate surface area is 100 Å². The Bertz CT molecular complexity index is 238. The Hall–Kier alpha value is -0.470. The SMILES string of the molecule is CN(C)C1C=CC=CN1CC(C)(C)C.Cl.